The molecular formula is C23H22ClN2O3+. The SMILES string of the molecule is Cc1ccc(C(=O)[C@H]2[C@@H]3C(=O)N(c4ccc(Cl)cc4)C(=O)[C@@H]3[C@H]3CCC[NH+]32)cc1. The number of imide groups is 1. The van der Waals surface area contributed by atoms with Crippen LogP contribution >= 0.6 is 11.6 Å². The molecule has 3 saturated heterocycles. The van der Waals surface area contributed by atoms with E-state index in [-0.39, 0.29) is 23.6 Å². The van der Waals surface area contributed by atoms with Crippen LogP contribution < -0.4 is 9.80 Å². The van der Waals surface area contributed by atoms with E-state index in [1.165, 1.54) is 4.90 Å². The van der Waals surface area contributed by atoms with Gasteiger partial charge in [0.1, 0.15) is 17.9 Å². The minimum atomic E-state index is -0.590. The van der Waals surface area contributed by atoms with Crippen molar-refractivity contribution in [1.29, 1.82) is 0 Å². The molecule has 1 unspecified atom stereocenters. The van der Waals surface area contributed by atoms with Crippen molar-refractivity contribution < 1.29 is 19.3 Å². The Kier molecular flexibility index (Phi) is 4.33. The largest absolute Gasteiger partial charge is 0.322 e. The number of Topliss-reactive ketones (excluding diaryl/α,β-unsaturated/α-hetero) is 1. The standard InChI is InChI=1S/C23H21ClN2O3/c1-13-4-6-14(7-5-13)21(27)20-19-18(17-3-2-12-25(17)20)22(28)26(23(19)29)16-10-8-15(24)9-11-16/h4-11,17-20H,2-3,12H2,1H3/p+1/t17-,18-,19-,20-/m1/s1. The summed E-state index contributed by atoms with van der Waals surface area (Å²) in [7, 11) is 0. The summed E-state index contributed by atoms with van der Waals surface area (Å²) in [6, 6.07) is 13.8. The number of carbonyl (C=O) groups excluding carboxylic acids is 3. The highest BCUT2D eigenvalue weighted by molar-refractivity contribution is 6.31. The predicted octanol–water partition coefficient (Wildman–Crippen LogP) is 2.07. The first kappa shape index (κ1) is 18.5. The highest BCUT2D eigenvalue weighted by Crippen LogP contribution is 2.40. The van der Waals surface area contributed by atoms with Crippen molar-refractivity contribution in [3.8, 4) is 0 Å². The molecule has 0 aromatic heterocycles. The van der Waals surface area contributed by atoms with Crippen LogP contribution in [0, 0.1) is 18.8 Å². The maximum absolute atomic E-state index is 13.5. The number of nitrogens with one attached hydrogen (secondary N) is 1. The third-order valence-corrected chi connectivity index (χ3v) is 7.00. The summed E-state index contributed by atoms with van der Waals surface area (Å²) in [5, 5.41) is 0.548. The Balaban J connectivity index is 1.54. The minimum absolute atomic E-state index is 0.0292. The number of halogens is 1. The second-order valence-corrected chi connectivity index (χ2v) is 8.76. The molecule has 3 fully saturated rings. The summed E-state index contributed by atoms with van der Waals surface area (Å²) < 4.78 is 0. The van der Waals surface area contributed by atoms with Crippen molar-refractivity contribution >= 4 is 34.9 Å². The van der Waals surface area contributed by atoms with Crippen LogP contribution in [-0.4, -0.2) is 36.2 Å². The molecule has 0 bridgehead atoms. The molecule has 6 heteroatoms. The lowest BCUT2D eigenvalue weighted by atomic mass is 9.85. The number of amides is 2. The minimum Gasteiger partial charge on any atom is -0.322 e. The van der Waals surface area contributed by atoms with Gasteiger partial charge in [0.2, 0.25) is 17.6 Å². The van der Waals surface area contributed by atoms with Gasteiger partial charge in [-0.05, 0) is 31.2 Å². The zero-order valence-electron chi connectivity index (χ0n) is 16.1. The quantitative estimate of drug-likeness (QED) is 0.623. The smallest absolute Gasteiger partial charge is 0.244 e. The first-order chi connectivity index (χ1) is 14.0. The number of hydrogen-bond donors (Lipinski definition) is 1. The number of benzene rings is 2. The Morgan fingerprint density at radius 2 is 1.66 bits per heavy atom. The monoisotopic (exact) mass is 409 g/mol. The molecule has 0 spiro atoms. The lowest BCUT2D eigenvalue weighted by molar-refractivity contribution is -0.915. The van der Waals surface area contributed by atoms with Crippen molar-refractivity contribution in [3.05, 3.63) is 64.7 Å². The number of ketones is 1. The Morgan fingerprint density at radius 3 is 2.34 bits per heavy atom. The molecule has 5 atom stereocenters. The molecule has 3 aliphatic rings. The number of nitrogens with zero attached hydrogens (tertiary/aromatic N) is 1. The third-order valence-electron chi connectivity index (χ3n) is 6.75. The van der Waals surface area contributed by atoms with E-state index in [0.29, 0.717) is 16.3 Å². The average molecular weight is 410 g/mol. The first-order valence-corrected chi connectivity index (χ1v) is 10.4. The molecule has 0 saturated carbocycles. The molecule has 5 nitrogen and oxygen atoms in total. The lowest BCUT2D eigenvalue weighted by Gasteiger charge is -2.25. The summed E-state index contributed by atoms with van der Waals surface area (Å²) >= 11 is 5.97. The van der Waals surface area contributed by atoms with Gasteiger partial charge in [0.15, 0.2) is 6.04 Å². The number of hydrogen-bond acceptors (Lipinski definition) is 3. The van der Waals surface area contributed by atoms with E-state index in [4.69, 9.17) is 11.6 Å². The predicted molar refractivity (Wildman–Crippen MR) is 109 cm³/mol. The zero-order valence-corrected chi connectivity index (χ0v) is 16.9. The van der Waals surface area contributed by atoms with Gasteiger partial charge in [-0.25, -0.2) is 4.90 Å². The van der Waals surface area contributed by atoms with Gasteiger partial charge < -0.3 is 4.90 Å². The van der Waals surface area contributed by atoms with E-state index in [1.807, 2.05) is 31.2 Å². The number of fused-ring (bicyclic) bond motifs is 3. The number of aryl methyl sites for hydroxylation is 1. The Labute approximate surface area is 174 Å². The van der Waals surface area contributed by atoms with Gasteiger partial charge in [0.25, 0.3) is 0 Å². The highest BCUT2D eigenvalue weighted by Gasteiger charge is 2.68. The van der Waals surface area contributed by atoms with Crippen molar-refractivity contribution in [3.63, 3.8) is 0 Å². The second kappa shape index (κ2) is 6.78. The summed E-state index contributed by atoms with van der Waals surface area (Å²) in [5.74, 6) is -1.47. The average Bonchev–Trinajstić information content (AvgIpc) is 3.35. The fourth-order valence-corrected chi connectivity index (χ4v) is 5.61. The molecule has 5 rings (SSSR count). The highest BCUT2D eigenvalue weighted by atomic mass is 35.5. The van der Waals surface area contributed by atoms with Crippen LogP contribution in [0.3, 0.4) is 0 Å². The fraction of sp³-hybridized carbons (Fsp3) is 0.348. The zero-order chi connectivity index (χ0) is 20.3. The normalized spacial score (nSPS) is 30.6. The Hall–Kier alpha value is -2.50. The fourth-order valence-electron chi connectivity index (χ4n) is 5.48. The van der Waals surface area contributed by atoms with Crippen LogP contribution in [0.5, 0.6) is 0 Å². The molecule has 1 N–H and O–H groups in total. The van der Waals surface area contributed by atoms with E-state index in [1.54, 1.807) is 24.3 Å². The molecule has 0 radical (unpaired) electrons. The Bertz CT molecular complexity index is 1000. The van der Waals surface area contributed by atoms with Crippen molar-refractivity contribution in [2.75, 3.05) is 11.4 Å². The topological polar surface area (TPSA) is 58.9 Å². The van der Waals surface area contributed by atoms with Crippen LogP contribution in [0.2, 0.25) is 5.02 Å². The maximum atomic E-state index is 13.5. The van der Waals surface area contributed by atoms with E-state index >= 15 is 0 Å². The molecule has 148 valence electrons. The van der Waals surface area contributed by atoms with E-state index in [2.05, 4.69) is 0 Å². The van der Waals surface area contributed by atoms with E-state index in [0.717, 1.165) is 29.8 Å². The summed E-state index contributed by atoms with van der Waals surface area (Å²) in [5.41, 5.74) is 2.22. The second-order valence-electron chi connectivity index (χ2n) is 8.32. The summed E-state index contributed by atoms with van der Waals surface area (Å²) in [6.45, 7) is 2.81. The van der Waals surface area contributed by atoms with Crippen LogP contribution in [0.4, 0.5) is 5.69 Å². The third kappa shape index (κ3) is 2.75. The molecule has 3 heterocycles. The summed E-state index contributed by atoms with van der Waals surface area (Å²) in [6.07, 6.45) is 1.85. The number of rotatable bonds is 3. The molecule has 0 aliphatic carbocycles. The van der Waals surface area contributed by atoms with Gasteiger partial charge in [-0.3, -0.25) is 14.4 Å². The number of carbonyl (C=O) groups is 3. The van der Waals surface area contributed by atoms with E-state index < -0.39 is 17.9 Å². The van der Waals surface area contributed by atoms with Crippen LogP contribution in [-0.2, 0) is 9.59 Å². The molecule has 2 aromatic rings. The maximum Gasteiger partial charge on any atom is 0.244 e. The van der Waals surface area contributed by atoms with Gasteiger partial charge >= 0.3 is 0 Å². The van der Waals surface area contributed by atoms with E-state index in [9.17, 15) is 14.4 Å². The van der Waals surface area contributed by atoms with Gasteiger partial charge in [-0.1, -0.05) is 41.4 Å². The Morgan fingerprint density at radius 1 is 1.00 bits per heavy atom. The van der Waals surface area contributed by atoms with Gasteiger partial charge in [0.05, 0.1) is 12.2 Å². The number of quaternary nitrogens is 1. The molecular weight excluding hydrogens is 388 g/mol. The molecule has 2 amide bonds. The van der Waals surface area contributed by atoms with Crippen molar-refractivity contribution in [2.45, 2.75) is 31.8 Å². The first-order valence-electron chi connectivity index (χ1n) is 10.1. The molecule has 2 aromatic carbocycles. The van der Waals surface area contributed by atoms with Crippen molar-refractivity contribution in [2.24, 2.45) is 11.8 Å². The molecule has 3 aliphatic heterocycles. The lowest BCUT2D eigenvalue weighted by Crippen LogP contribution is -3.16. The van der Waals surface area contributed by atoms with Gasteiger partial charge in [0, 0.05) is 23.4 Å². The van der Waals surface area contributed by atoms with Gasteiger partial charge in [-0.2, -0.15) is 0 Å². The number of anilines is 1. The van der Waals surface area contributed by atoms with Crippen LogP contribution in [0.25, 0.3) is 0 Å². The van der Waals surface area contributed by atoms with Crippen LogP contribution in [0.15, 0.2) is 48.5 Å². The summed E-state index contributed by atoms with van der Waals surface area (Å²) in [4.78, 5) is 42.6. The van der Waals surface area contributed by atoms with Crippen molar-refractivity contribution in [1.82, 2.24) is 0 Å². The van der Waals surface area contributed by atoms with Gasteiger partial charge in [-0.15, -0.1) is 0 Å². The molecule has 29 heavy (non-hydrogen) atoms. The van der Waals surface area contributed by atoms with Crippen LogP contribution in [0.1, 0.15) is 28.8 Å².